The second kappa shape index (κ2) is 12.4. The standard InChI is InChI=1S/C27H35NO8S/c1-19-15-22(5-6-26(19)23-3-2-4-24(16-23)35-25(17-29)18-30)20-7-11-28(12-8-20)37(32,33)36-27(31)21-9-13-34-14-10-21/h2-6,15-16,20-21,25,29-30H,7-14,17-18H2,1H3. The molecule has 2 heterocycles. The van der Waals surface area contributed by atoms with Crippen LogP contribution in [0.4, 0.5) is 0 Å². The van der Waals surface area contributed by atoms with Crippen LogP contribution in [0.15, 0.2) is 42.5 Å². The van der Waals surface area contributed by atoms with Crippen LogP contribution < -0.4 is 4.74 Å². The summed E-state index contributed by atoms with van der Waals surface area (Å²) in [6, 6.07) is 13.8. The fourth-order valence-corrected chi connectivity index (χ4v) is 6.00. The molecule has 0 amide bonds. The van der Waals surface area contributed by atoms with Crippen LogP contribution in [-0.4, -0.2) is 74.5 Å². The Labute approximate surface area is 218 Å². The van der Waals surface area contributed by atoms with Crippen LogP contribution in [0.1, 0.15) is 42.7 Å². The van der Waals surface area contributed by atoms with Gasteiger partial charge in [-0.2, -0.15) is 12.7 Å². The fraction of sp³-hybridized carbons (Fsp3) is 0.519. The molecule has 9 nitrogen and oxygen atoms in total. The quantitative estimate of drug-likeness (QED) is 0.505. The van der Waals surface area contributed by atoms with Crippen LogP contribution >= 0.6 is 0 Å². The second-order valence-corrected chi connectivity index (χ2v) is 11.2. The number of aliphatic hydroxyl groups is 2. The molecule has 37 heavy (non-hydrogen) atoms. The van der Waals surface area contributed by atoms with Gasteiger partial charge in [0, 0.05) is 26.3 Å². The summed E-state index contributed by atoms with van der Waals surface area (Å²) in [6.07, 6.45) is 1.57. The van der Waals surface area contributed by atoms with E-state index in [4.69, 9.17) is 13.7 Å². The highest BCUT2D eigenvalue weighted by Gasteiger charge is 2.34. The first-order valence-electron chi connectivity index (χ1n) is 12.7. The summed E-state index contributed by atoms with van der Waals surface area (Å²) in [6.45, 7) is 2.97. The van der Waals surface area contributed by atoms with Gasteiger partial charge in [0.2, 0.25) is 0 Å². The average Bonchev–Trinajstić information content (AvgIpc) is 2.92. The SMILES string of the molecule is Cc1cc(C2CCN(S(=O)(=O)OC(=O)C3CCOCC3)CC2)ccc1-c1cccc(OC(CO)CO)c1. The molecule has 0 aliphatic carbocycles. The number of ether oxygens (including phenoxy) is 2. The van der Waals surface area contributed by atoms with Gasteiger partial charge in [0.15, 0.2) is 0 Å². The topological polar surface area (TPSA) is 123 Å². The molecule has 0 saturated carbocycles. The van der Waals surface area contributed by atoms with Gasteiger partial charge >= 0.3 is 16.3 Å². The van der Waals surface area contributed by atoms with Crippen molar-refractivity contribution in [2.45, 2.75) is 44.6 Å². The summed E-state index contributed by atoms with van der Waals surface area (Å²) >= 11 is 0. The Morgan fingerprint density at radius 2 is 1.76 bits per heavy atom. The normalized spacial score (nSPS) is 18.2. The molecule has 0 radical (unpaired) electrons. The first-order valence-corrected chi connectivity index (χ1v) is 14.1. The maximum atomic E-state index is 12.7. The molecule has 202 valence electrons. The first-order chi connectivity index (χ1) is 17.8. The van der Waals surface area contributed by atoms with Crippen molar-refractivity contribution < 1.29 is 37.1 Å². The molecule has 0 unspecified atom stereocenters. The van der Waals surface area contributed by atoms with E-state index in [1.54, 1.807) is 6.07 Å². The van der Waals surface area contributed by atoms with E-state index in [0.29, 0.717) is 57.7 Å². The van der Waals surface area contributed by atoms with Gasteiger partial charge in [0.25, 0.3) is 0 Å². The third kappa shape index (κ3) is 6.88. The van der Waals surface area contributed by atoms with Crippen molar-refractivity contribution in [1.29, 1.82) is 0 Å². The minimum absolute atomic E-state index is 0.204. The fourth-order valence-electron chi connectivity index (χ4n) is 4.90. The Kier molecular flexibility index (Phi) is 9.20. The minimum atomic E-state index is -4.11. The highest BCUT2D eigenvalue weighted by atomic mass is 32.2. The van der Waals surface area contributed by atoms with Crippen molar-refractivity contribution in [3.63, 3.8) is 0 Å². The van der Waals surface area contributed by atoms with Crippen molar-refractivity contribution in [1.82, 2.24) is 4.31 Å². The second-order valence-electron chi connectivity index (χ2n) is 9.63. The van der Waals surface area contributed by atoms with E-state index in [0.717, 1.165) is 22.3 Å². The van der Waals surface area contributed by atoms with E-state index >= 15 is 0 Å². The summed E-state index contributed by atoms with van der Waals surface area (Å²) in [5.74, 6) is -0.343. The maximum absolute atomic E-state index is 12.7. The number of benzene rings is 2. The van der Waals surface area contributed by atoms with E-state index in [1.807, 2.05) is 25.1 Å². The third-order valence-electron chi connectivity index (χ3n) is 7.09. The van der Waals surface area contributed by atoms with E-state index in [9.17, 15) is 23.4 Å². The van der Waals surface area contributed by atoms with Crippen molar-refractivity contribution in [2.24, 2.45) is 5.92 Å². The van der Waals surface area contributed by atoms with Gasteiger partial charge in [-0.25, -0.2) is 0 Å². The molecule has 4 rings (SSSR count). The largest absolute Gasteiger partial charge is 0.486 e. The van der Waals surface area contributed by atoms with Crippen LogP contribution in [0.5, 0.6) is 5.75 Å². The molecular formula is C27H35NO8S. The predicted octanol–water partition coefficient (Wildman–Crippen LogP) is 2.79. The first kappa shape index (κ1) is 27.5. The maximum Gasteiger partial charge on any atom is 0.387 e. The molecule has 2 aromatic carbocycles. The molecule has 2 saturated heterocycles. The van der Waals surface area contributed by atoms with E-state index in [2.05, 4.69) is 18.2 Å². The van der Waals surface area contributed by atoms with Crippen molar-refractivity contribution in [3.8, 4) is 16.9 Å². The number of carbonyl (C=O) groups excluding carboxylic acids is 1. The molecule has 10 heteroatoms. The highest BCUT2D eigenvalue weighted by molar-refractivity contribution is 7.84. The molecule has 2 aromatic rings. The number of hydrogen-bond donors (Lipinski definition) is 2. The smallest absolute Gasteiger partial charge is 0.387 e. The van der Waals surface area contributed by atoms with Crippen LogP contribution in [0.2, 0.25) is 0 Å². The lowest BCUT2D eigenvalue weighted by molar-refractivity contribution is -0.141. The number of aryl methyl sites for hydroxylation is 1. The van der Waals surface area contributed by atoms with Crippen molar-refractivity contribution in [3.05, 3.63) is 53.6 Å². The van der Waals surface area contributed by atoms with Crippen LogP contribution in [0.3, 0.4) is 0 Å². The number of piperidine rings is 1. The number of carbonyl (C=O) groups is 1. The van der Waals surface area contributed by atoms with Gasteiger partial charge in [-0.1, -0.05) is 30.3 Å². The van der Waals surface area contributed by atoms with Gasteiger partial charge in [0.1, 0.15) is 11.9 Å². The van der Waals surface area contributed by atoms with Crippen molar-refractivity contribution in [2.75, 3.05) is 39.5 Å². The zero-order chi connectivity index (χ0) is 26.4. The summed E-state index contributed by atoms with van der Waals surface area (Å²) in [4.78, 5) is 12.3. The van der Waals surface area contributed by atoms with Gasteiger partial charge in [-0.15, -0.1) is 0 Å². The Morgan fingerprint density at radius 1 is 1.05 bits per heavy atom. The molecule has 0 aromatic heterocycles. The van der Waals surface area contributed by atoms with Gasteiger partial charge in [-0.3, -0.25) is 4.79 Å². The number of hydrogen-bond acceptors (Lipinski definition) is 8. The van der Waals surface area contributed by atoms with E-state index in [1.165, 1.54) is 4.31 Å². The molecule has 2 fully saturated rings. The summed E-state index contributed by atoms with van der Waals surface area (Å²) in [5, 5.41) is 18.6. The number of nitrogens with zero attached hydrogens (tertiary/aromatic N) is 1. The van der Waals surface area contributed by atoms with Crippen molar-refractivity contribution >= 4 is 16.3 Å². The lowest BCUT2D eigenvalue weighted by Gasteiger charge is -2.31. The number of aliphatic hydroxyl groups excluding tert-OH is 2. The lowest BCUT2D eigenvalue weighted by Crippen LogP contribution is -2.41. The Bertz CT molecular complexity index is 1170. The van der Waals surface area contributed by atoms with Crippen LogP contribution in [0, 0.1) is 12.8 Å². The Morgan fingerprint density at radius 3 is 2.41 bits per heavy atom. The van der Waals surface area contributed by atoms with Gasteiger partial charge in [-0.05, 0) is 72.9 Å². The Balaban J connectivity index is 1.37. The summed E-state index contributed by atoms with van der Waals surface area (Å²) in [5.41, 5.74) is 4.23. The van der Waals surface area contributed by atoms with Gasteiger partial charge < -0.3 is 23.9 Å². The zero-order valence-corrected chi connectivity index (χ0v) is 21.9. The third-order valence-corrected chi connectivity index (χ3v) is 8.46. The van der Waals surface area contributed by atoms with Crippen LogP contribution in [0.25, 0.3) is 11.1 Å². The zero-order valence-electron chi connectivity index (χ0n) is 21.0. The van der Waals surface area contributed by atoms with Crippen LogP contribution in [-0.2, 0) is 24.0 Å². The number of rotatable bonds is 9. The van der Waals surface area contributed by atoms with Gasteiger partial charge in [0.05, 0.1) is 19.1 Å². The molecule has 0 atom stereocenters. The molecule has 2 aliphatic heterocycles. The van der Waals surface area contributed by atoms with E-state index in [-0.39, 0.29) is 19.1 Å². The molecular weight excluding hydrogens is 498 g/mol. The average molecular weight is 534 g/mol. The van der Waals surface area contributed by atoms with E-state index < -0.39 is 28.3 Å². The predicted molar refractivity (Wildman–Crippen MR) is 137 cm³/mol. The molecule has 0 spiro atoms. The summed E-state index contributed by atoms with van der Waals surface area (Å²) in [7, 11) is -4.11. The summed E-state index contributed by atoms with van der Waals surface area (Å²) < 4.78 is 42.5. The Hall–Kier alpha value is -2.50. The molecule has 0 bridgehead atoms. The monoisotopic (exact) mass is 533 g/mol. The highest BCUT2D eigenvalue weighted by Crippen LogP contribution is 2.34. The molecule has 2 aliphatic rings. The lowest BCUT2D eigenvalue weighted by atomic mass is 9.87. The molecule has 2 N–H and O–H groups in total. The minimum Gasteiger partial charge on any atom is -0.486 e.